The van der Waals surface area contributed by atoms with Gasteiger partial charge in [0.15, 0.2) is 12.2 Å². The molecule has 8 nitrogen and oxygen atoms in total. The third-order valence-corrected chi connectivity index (χ3v) is 5.90. The summed E-state index contributed by atoms with van der Waals surface area (Å²) in [5, 5.41) is 0. The Bertz CT molecular complexity index is 1110. The van der Waals surface area contributed by atoms with Crippen LogP contribution in [0.5, 0.6) is 5.75 Å². The molecule has 8 heteroatoms. The summed E-state index contributed by atoms with van der Waals surface area (Å²) in [6.45, 7) is 2.19. The molecule has 3 aliphatic rings. The molecule has 0 spiro atoms. The fourth-order valence-electron chi connectivity index (χ4n) is 4.38. The fraction of sp³-hybridized carbons (Fsp3) is 0.261. The highest BCUT2D eigenvalue weighted by molar-refractivity contribution is 6.10. The number of aliphatic imine (C=N–C) groups is 1. The van der Waals surface area contributed by atoms with Gasteiger partial charge < -0.3 is 14.5 Å². The van der Waals surface area contributed by atoms with Gasteiger partial charge in [-0.3, -0.25) is 14.6 Å². The molecule has 0 radical (unpaired) electrons. The van der Waals surface area contributed by atoms with Crippen molar-refractivity contribution >= 4 is 23.6 Å². The van der Waals surface area contributed by atoms with E-state index in [1.807, 2.05) is 77.5 Å². The van der Waals surface area contributed by atoms with Crippen LogP contribution in [-0.2, 0) is 11.3 Å². The van der Waals surface area contributed by atoms with E-state index in [9.17, 15) is 9.59 Å². The molecule has 0 aromatic heterocycles. The molecule has 1 saturated heterocycles. The van der Waals surface area contributed by atoms with Crippen LogP contribution in [0.3, 0.4) is 0 Å². The minimum Gasteiger partial charge on any atom is -0.495 e. The van der Waals surface area contributed by atoms with Gasteiger partial charge in [-0.1, -0.05) is 42.5 Å². The Hall–Kier alpha value is -3.81. The molecule has 2 unspecified atom stereocenters. The van der Waals surface area contributed by atoms with Crippen molar-refractivity contribution in [1.82, 2.24) is 14.7 Å². The van der Waals surface area contributed by atoms with Crippen LogP contribution in [0.25, 0.3) is 0 Å². The molecule has 3 amide bonds. The number of benzene rings is 2. The van der Waals surface area contributed by atoms with Gasteiger partial charge in [0.25, 0.3) is 5.91 Å². The minimum atomic E-state index is -0.601. The summed E-state index contributed by atoms with van der Waals surface area (Å²) in [6, 6.07) is 16.2. The standard InChI is InChI=1S/C23H23N5O3/c1-15-13-26-19-20(24-22(26)28(15)17-11-7-8-12-18(17)31-3)25(2)23(30)27(21(19)29)14-16-9-5-4-6-10-16/h4-13,19-20H,14H2,1-3H3. The maximum Gasteiger partial charge on any atom is 0.328 e. The number of urea groups is 1. The van der Waals surface area contributed by atoms with Gasteiger partial charge in [0.05, 0.1) is 19.3 Å². The first-order valence-electron chi connectivity index (χ1n) is 10.1. The maximum atomic E-state index is 13.5. The van der Waals surface area contributed by atoms with Gasteiger partial charge in [0.1, 0.15) is 5.75 Å². The first-order chi connectivity index (χ1) is 15.0. The van der Waals surface area contributed by atoms with E-state index in [1.165, 1.54) is 4.90 Å². The van der Waals surface area contributed by atoms with Gasteiger partial charge >= 0.3 is 6.03 Å². The molecule has 31 heavy (non-hydrogen) atoms. The summed E-state index contributed by atoms with van der Waals surface area (Å²) in [6.07, 6.45) is 1.33. The number of hydrogen-bond donors (Lipinski definition) is 0. The number of allylic oxidation sites excluding steroid dienone is 1. The van der Waals surface area contributed by atoms with Gasteiger partial charge in [-0.2, -0.15) is 0 Å². The van der Waals surface area contributed by atoms with E-state index in [-0.39, 0.29) is 18.5 Å². The van der Waals surface area contributed by atoms with Crippen molar-refractivity contribution in [2.24, 2.45) is 4.99 Å². The second-order valence-corrected chi connectivity index (χ2v) is 7.78. The molecule has 0 aliphatic carbocycles. The number of carbonyl (C=O) groups excluding carboxylic acids is 2. The summed E-state index contributed by atoms with van der Waals surface area (Å²) in [5.41, 5.74) is 2.66. The number of guanidine groups is 1. The lowest BCUT2D eigenvalue weighted by Crippen LogP contribution is -2.63. The van der Waals surface area contributed by atoms with E-state index < -0.39 is 12.2 Å². The Kier molecular flexibility index (Phi) is 4.43. The molecule has 0 N–H and O–H groups in total. The zero-order chi connectivity index (χ0) is 21.7. The second-order valence-electron chi connectivity index (χ2n) is 7.78. The summed E-state index contributed by atoms with van der Waals surface area (Å²) < 4.78 is 5.53. The molecule has 2 aromatic rings. The van der Waals surface area contributed by atoms with Crippen LogP contribution < -0.4 is 9.64 Å². The summed E-state index contributed by atoms with van der Waals surface area (Å²) in [5.74, 6) is 1.07. The van der Waals surface area contributed by atoms with Crippen molar-refractivity contribution in [3.05, 3.63) is 72.1 Å². The quantitative estimate of drug-likeness (QED) is 0.765. The normalized spacial score (nSPS) is 22.4. The van der Waals surface area contributed by atoms with Crippen LogP contribution in [0, 0.1) is 0 Å². The SMILES string of the molecule is COc1ccccc1N1C(C)=CN2C1=NC1C2C(=O)N(Cc2ccccc2)C(=O)N1C. The molecular formula is C23H23N5O3. The predicted octanol–water partition coefficient (Wildman–Crippen LogP) is 2.84. The zero-order valence-corrected chi connectivity index (χ0v) is 17.6. The number of imide groups is 1. The zero-order valence-electron chi connectivity index (χ0n) is 17.6. The number of likely N-dealkylation sites (N-methyl/N-ethyl adjacent to an activating group) is 1. The molecule has 2 aromatic carbocycles. The number of para-hydroxylation sites is 2. The molecule has 0 bridgehead atoms. The van der Waals surface area contributed by atoms with Crippen molar-refractivity contribution in [3.63, 3.8) is 0 Å². The minimum absolute atomic E-state index is 0.230. The van der Waals surface area contributed by atoms with Gasteiger partial charge in [-0.25, -0.2) is 9.79 Å². The highest BCUT2D eigenvalue weighted by Gasteiger charge is 2.54. The van der Waals surface area contributed by atoms with Crippen molar-refractivity contribution in [3.8, 4) is 5.75 Å². The van der Waals surface area contributed by atoms with E-state index in [0.29, 0.717) is 11.7 Å². The van der Waals surface area contributed by atoms with Crippen molar-refractivity contribution < 1.29 is 14.3 Å². The number of hydrogen-bond acceptors (Lipinski definition) is 6. The third-order valence-electron chi connectivity index (χ3n) is 5.90. The fourth-order valence-corrected chi connectivity index (χ4v) is 4.38. The smallest absolute Gasteiger partial charge is 0.328 e. The molecule has 1 fully saturated rings. The molecule has 5 rings (SSSR count). The molecule has 3 heterocycles. The molecule has 3 aliphatic heterocycles. The second kappa shape index (κ2) is 7.16. The summed E-state index contributed by atoms with van der Waals surface area (Å²) >= 11 is 0. The van der Waals surface area contributed by atoms with Crippen molar-refractivity contribution in [1.29, 1.82) is 0 Å². The number of methoxy groups -OCH3 is 1. The predicted molar refractivity (Wildman–Crippen MR) is 116 cm³/mol. The average Bonchev–Trinajstić information content (AvgIpc) is 3.30. The number of ether oxygens (including phenoxy) is 1. The number of anilines is 1. The number of nitrogens with zero attached hydrogens (tertiary/aromatic N) is 5. The van der Waals surface area contributed by atoms with Crippen LogP contribution in [0.2, 0.25) is 0 Å². The lowest BCUT2D eigenvalue weighted by molar-refractivity contribution is -0.137. The van der Waals surface area contributed by atoms with Crippen LogP contribution >= 0.6 is 0 Å². The van der Waals surface area contributed by atoms with Gasteiger partial charge in [0, 0.05) is 18.9 Å². The maximum absolute atomic E-state index is 13.5. The van der Waals surface area contributed by atoms with Crippen LogP contribution in [-0.4, -0.2) is 59.0 Å². The van der Waals surface area contributed by atoms with Gasteiger partial charge in [-0.05, 0) is 24.6 Å². The summed E-state index contributed by atoms with van der Waals surface area (Å²) in [7, 11) is 3.32. The van der Waals surface area contributed by atoms with E-state index in [2.05, 4.69) is 0 Å². The summed E-state index contributed by atoms with van der Waals surface area (Å²) in [4.78, 5) is 38.0. The van der Waals surface area contributed by atoms with Crippen LogP contribution in [0.15, 0.2) is 71.5 Å². The largest absolute Gasteiger partial charge is 0.495 e. The van der Waals surface area contributed by atoms with E-state index >= 15 is 0 Å². The van der Waals surface area contributed by atoms with Gasteiger partial charge in [-0.15, -0.1) is 0 Å². The Labute approximate surface area is 180 Å². The van der Waals surface area contributed by atoms with Crippen LogP contribution in [0.1, 0.15) is 12.5 Å². The molecule has 0 saturated carbocycles. The Morgan fingerprint density at radius 1 is 1.03 bits per heavy atom. The first-order valence-corrected chi connectivity index (χ1v) is 10.1. The number of carbonyl (C=O) groups is 2. The van der Waals surface area contributed by atoms with Crippen LogP contribution in [0.4, 0.5) is 10.5 Å². The van der Waals surface area contributed by atoms with Gasteiger partial charge in [0.2, 0.25) is 5.96 Å². The third kappa shape index (κ3) is 2.86. The highest BCUT2D eigenvalue weighted by Crippen LogP contribution is 2.39. The van der Waals surface area contributed by atoms with Crippen molar-refractivity contribution in [2.45, 2.75) is 25.7 Å². The molecular weight excluding hydrogens is 394 g/mol. The average molecular weight is 417 g/mol. The molecule has 2 atom stereocenters. The molecule has 158 valence electrons. The van der Waals surface area contributed by atoms with Crippen molar-refractivity contribution in [2.75, 3.05) is 19.1 Å². The number of rotatable bonds is 4. The number of amides is 3. The number of fused-ring (bicyclic) bond motifs is 3. The first kappa shape index (κ1) is 19.2. The topological polar surface area (TPSA) is 68.7 Å². The van der Waals surface area contributed by atoms with E-state index in [1.54, 1.807) is 19.1 Å². The highest BCUT2D eigenvalue weighted by atomic mass is 16.5. The Morgan fingerprint density at radius 3 is 2.48 bits per heavy atom. The Balaban J connectivity index is 1.50. The lowest BCUT2D eigenvalue weighted by Gasteiger charge is -2.40. The monoisotopic (exact) mass is 417 g/mol. The lowest BCUT2D eigenvalue weighted by atomic mass is 10.1. The van der Waals surface area contributed by atoms with E-state index in [0.717, 1.165) is 16.9 Å². The van der Waals surface area contributed by atoms with E-state index in [4.69, 9.17) is 9.73 Å². The Morgan fingerprint density at radius 2 is 1.74 bits per heavy atom.